The Balaban J connectivity index is 1.74. The molecule has 3 rings (SSSR count). The molecular weight excluding hydrogens is 334 g/mol. The maximum atomic E-state index is 12.2. The van der Waals surface area contributed by atoms with E-state index in [9.17, 15) is 4.79 Å². The number of fused-ring (bicyclic) bond motifs is 1. The van der Waals surface area contributed by atoms with E-state index in [4.69, 9.17) is 9.47 Å². The summed E-state index contributed by atoms with van der Waals surface area (Å²) in [6, 6.07) is 13.0. The molecule has 2 aromatic carbocycles. The summed E-state index contributed by atoms with van der Waals surface area (Å²) in [6.07, 6.45) is 0. The van der Waals surface area contributed by atoms with Crippen molar-refractivity contribution in [2.45, 2.75) is 6.54 Å². The predicted octanol–water partition coefficient (Wildman–Crippen LogP) is 3.15. The van der Waals surface area contributed by atoms with E-state index in [1.54, 1.807) is 6.07 Å². The van der Waals surface area contributed by atoms with Crippen molar-refractivity contribution >= 4 is 21.8 Å². The second kappa shape index (κ2) is 6.18. The first-order valence-electron chi connectivity index (χ1n) is 6.66. The van der Waals surface area contributed by atoms with E-state index < -0.39 is 0 Å². The second-order valence-electron chi connectivity index (χ2n) is 4.60. The van der Waals surface area contributed by atoms with Crippen molar-refractivity contribution in [2.24, 2.45) is 0 Å². The van der Waals surface area contributed by atoms with Gasteiger partial charge in [0, 0.05) is 16.6 Å². The number of hydrogen-bond donors (Lipinski definition) is 1. The Bertz CT molecular complexity index is 672. The lowest BCUT2D eigenvalue weighted by molar-refractivity contribution is 0.0949. The van der Waals surface area contributed by atoms with Crippen LogP contribution in [-0.2, 0) is 6.54 Å². The zero-order chi connectivity index (χ0) is 14.7. The average Bonchev–Trinajstić information content (AvgIpc) is 2.53. The molecule has 0 radical (unpaired) electrons. The number of amides is 1. The first kappa shape index (κ1) is 13.9. The quantitative estimate of drug-likeness (QED) is 0.927. The monoisotopic (exact) mass is 347 g/mol. The summed E-state index contributed by atoms with van der Waals surface area (Å²) in [6.45, 7) is 1.48. The van der Waals surface area contributed by atoms with E-state index >= 15 is 0 Å². The molecule has 1 aliphatic rings. The van der Waals surface area contributed by atoms with E-state index in [0.717, 1.165) is 21.5 Å². The molecule has 21 heavy (non-hydrogen) atoms. The van der Waals surface area contributed by atoms with Gasteiger partial charge >= 0.3 is 0 Å². The minimum Gasteiger partial charge on any atom is -0.486 e. The van der Waals surface area contributed by atoms with Crippen LogP contribution in [-0.4, -0.2) is 19.1 Å². The normalized spacial score (nSPS) is 12.8. The van der Waals surface area contributed by atoms with Crippen LogP contribution < -0.4 is 14.8 Å². The standard InChI is InChI=1S/C16H14BrNO3/c17-13-6-2-1-5-12(13)16(19)18-10-11-4-3-7-14-15(11)21-9-8-20-14/h1-7H,8-10H2,(H,18,19). The summed E-state index contributed by atoms with van der Waals surface area (Å²) in [5, 5.41) is 2.90. The Hall–Kier alpha value is -2.01. The van der Waals surface area contributed by atoms with Gasteiger partial charge in [0.05, 0.1) is 5.56 Å². The lowest BCUT2D eigenvalue weighted by Gasteiger charge is -2.21. The zero-order valence-electron chi connectivity index (χ0n) is 11.3. The van der Waals surface area contributed by atoms with Crippen LogP contribution in [0.2, 0.25) is 0 Å². The molecule has 5 heteroatoms. The molecule has 0 saturated heterocycles. The minimum absolute atomic E-state index is 0.128. The molecule has 0 aliphatic carbocycles. The van der Waals surface area contributed by atoms with Crippen LogP contribution in [0.4, 0.5) is 0 Å². The fraction of sp³-hybridized carbons (Fsp3) is 0.188. The fourth-order valence-corrected chi connectivity index (χ4v) is 2.65. The number of rotatable bonds is 3. The van der Waals surface area contributed by atoms with Crippen molar-refractivity contribution in [1.82, 2.24) is 5.32 Å². The van der Waals surface area contributed by atoms with Gasteiger partial charge < -0.3 is 14.8 Å². The molecule has 1 aliphatic heterocycles. The zero-order valence-corrected chi connectivity index (χ0v) is 12.9. The van der Waals surface area contributed by atoms with Crippen LogP contribution in [0.3, 0.4) is 0 Å². The van der Waals surface area contributed by atoms with Crippen LogP contribution in [0.15, 0.2) is 46.9 Å². The molecule has 2 aromatic rings. The van der Waals surface area contributed by atoms with Gasteiger partial charge in [0.15, 0.2) is 11.5 Å². The van der Waals surface area contributed by atoms with E-state index in [2.05, 4.69) is 21.2 Å². The summed E-state index contributed by atoms with van der Waals surface area (Å²) in [4.78, 5) is 12.2. The van der Waals surface area contributed by atoms with Gasteiger partial charge in [-0.1, -0.05) is 24.3 Å². The fourth-order valence-electron chi connectivity index (χ4n) is 2.19. The minimum atomic E-state index is -0.128. The number of nitrogens with one attached hydrogen (secondary N) is 1. The van der Waals surface area contributed by atoms with Gasteiger partial charge in [-0.25, -0.2) is 0 Å². The molecule has 108 valence electrons. The number of carbonyl (C=O) groups excluding carboxylic acids is 1. The molecule has 0 spiro atoms. The SMILES string of the molecule is O=C(NCc1cccc2c1OCCO2)c1ccccc1Br. The van der Waals surface area contributed by atoms with Crippen molar-refractivity contribution in [3.8, 4) is 11.5 Å². The molecule has 0 saturated carbocycles. The van der Waals surface area contributed by atoms with Crippen LogP contribution in [0.1, 0.15) is 15.9 Å². The van der Waals surface area contributed by atoms with Crippen molar-refractivity contribution in [1.29, 1.82) is 0 Å². The Morgan fingerprint density at radius 2 is 1.90 bits per heavy atom. The summed E-state index contributed by atoms with van der Waals surface area (Å²) >= 11 is 3.38. The Morgan fingerprint density at radius 1 is 1.10 bits per heavy atom. The van der Waals surface area contributed by atoms with Gasteiger partial charge in [-0.3, -0.25) is 4.79 Å². The van der Waals surface area contributed by atoms with E-state index in [-0.39, 0.29) is 5.91 Å². The second-order valence-corrected chi connectivity index (χ2v) is 5.46. The van der Waals surface area contributed by atoms with Crippen molar-refractivity contribution < 1.29 is 14.3 Å². The number of halogens is 1. The Kier molecular flexibility index (Phi) is 4.10. The Labute approximate surface area is 131 Å². The lowest BCUT2D eigenvalue weighted by atomic mass is 10.1. The third-order valence-electron chi connectivity index (χ3n) is 3.21. The predicted molar refractivity (Wildman–Crippen MR) is 82.7 cm³/mol. The van der Waals surface area contributed by atoms with Crippen LogP contribution in [0.5, 0.6) is 11.5 Å². The summed E-state index contributed by atoms with van der Waals surface area (Å²) < 4.78 is 11.9. The number of carbonyl (C=O) groups is 1. The average molecular weight is 348 g/mol. The van der Waals surface area contributed by atoms with Gasteiger partial charge in [-0.2, -0.15) is 0 Å². The van der Waals surface area contributed by atoms with Gasteiger partial charge in [0.25, 0.3) is 5.91 Å². The van der Waals surface area contributed by atoms with Crippen LogP contribution in [0, 0.1) is 0 Å². The molecule has 1 N–H and O–H groups in total. The number of benzene rings is 2. The molecule has 1 heterocycles. The third kappa shape index (κ3) is 3.03. The van der Waals surface area contributed by atoms with Crippen molar-refractivity contribution in [2.75, 3.05) is 13.2 Å². The van der Waals surface area contributed by atoms with Gasteiger partial charge in [0.1, 0.15) is 13.2 Å². The van der Waals surface area contributed by atoms with Crippen molar-refractivity contribution in [3.63, 3.8) is 0 Å². The molecule has 0 bridgehead atoms. The first-order chi connectivity index (χ1) is 10.3. The number of hydrogen-bond acceptors (Lipinski definition) is 3. The topological polar surface area (TPSA) is 47.6 Å². The lowest BCUT2D eigenvalue weighted by Crippen LogP contribution is -2.24. The molecule has 0 atom stereocenters. The summed E-state index contributed by atoms with van der Waals surface area (Å²) in [7, 11) is 0. The third-order valence-corrected chi connectivity index (χ3v) is 3.90. The van der Waals surface area contributed by atoms with Gasteiger partial charge in [-0.05, 0) is 34.1 Å². The molecule has 0 unspecified atom stereocenters. The van der Waals surface area contributed by atoms with Crippen molar-refractivity contribution in [3.05, 3.63) is 58.1 Å². The highest BCUT2D eigenvalue weighted by atomic mass is 79.9. The number of para-hydroxylation sites is 1. The molecule has 0 aromatic heterocycles. The van der Waals surface area contributed by atoms with Crippen LogP contribution in [0.25, 0.3) is 0 Å². The maximum absolute atomic E-state index is 12.2. The maximum Gasteiger partial charge on any atom is 0.252 e. The van der Waals surface area contributed by atoms with Gasteiger partial charge in [-0.15, -0.1) is 0 Å². The molecular formula is C16H14BrNO3. The molecule has 0 fully saturated rings. The summed E-state index contributed by atoms with van der Waals surface area (Å²) in [5.41, 5.74) is 1.52. The van der Waals surface area contributed by atoms with E-state index in [0.29, 0.717) is 25.3 Å². The highest BCUT2D eigenvalue weighted by molar-refractivity contribution is 9.10. The first-order valence-corrected chi connectivity index (χ1v) is 7.45. The van der Waals surface area contributed by atoms with Crippen LogP contribution >= 0.6 is 15.9 Å². The summed E-state index contributed by atoms with van der Waals surface area (Å²) in [5.74, 6) is 1.32. The van der Waals surface area contributed by atoms with Gasteiger partial charge in [0.2, 0.25) is 0 Å². The highest BCUT2D eigenvalue weighted by Crippen LogP contribution is 2.33. The Morgan fingerprint density at radius 3 is 2.76 bits per heavy atom. The number of ether oxygens (including phenoxy) is 2. The highest BCUT2D eigenvalue weighted by Gasteiger charge is 2.16. The molecule has 4 nitrogen and oxygen atoms in total. The van der Waals surface area contributed by atoms with E-state index in [1.165, 1.54) is 0 Å². The molecule has 1 amide bonds. The smallest absolute Gasteiger partial charge is 0.252 e. The van der Waals surface area contributed by atoms with E-state index in [1.807, 2.05) is 36.4 Å². The largest absolute Gasteiger partial charge is 0.486 e.